The molecule has 0 unspecified atom stereocenters. The summed E-state index contributed by atoms with van der Waals surface area (Å²) in [5.41, 5.74) is 0.427. The van der Waals surface area contributed by atoms with Gasteiger partial charge in [0.25, 0.3) is 0 Å². The molecule has 0 aliphatic carbocycles. The van der Waals surface area contributed by atoms with Gasteiger partial charge in [-0.15, -0.1) is 0 Å². The zero-order valence-corrected chi connectivity index (χ0v) is 15.4. The maximum atomic E-state index is 12.1. The summed E-state index contributed by atoms with van der Waals surface area (Å²) in [5.74, 6) is 0.282. The number of nitrogens with two attached hydrogens (primary N) is 1. The Morgan fingerprint density at radius 1 is 1.23 bits per heavy atom. The summed E-state index contributed by atoms with van der Waals surface area (Å²) >= 11 is 0. The fraction of sp³-hybridized carbons (Fsp3) is 0.588. The van der Waals surface area contributed by atoms with E-state index in [4.69, 9.17) is 14.6 Å². The van der Waals surface area contributed by atoms with Gasteiger partial charge in [0.2, 0.25) is 15.9 Å². The number of nitrogens with zero attached hydrogens (tertiary/aromatic N) is 1. The van der Waals surface area contributed by atoms with E-state index in [1.807, 2.05) is 0 Å². The lowest BCUT2D eigenvalue weighted by Gasteiger charge is -2.33. The second kappa shape index (κ2) is 8.45. The number of benzene rings is 1. The average molecular weight is 383 g/mol. The quantitative estimate of drug-likeness (QED) is 0.750. The number of anilines is 1. The number of carbonyl (C=O) groups is 1. The van der Waals surface area contributed by atoms with Crippen molar-refractivity contribution in [3.8, 4) is 0 Å². The highest BCUT2D eigenvalue weighted by Crippen LogP contribution is 2.25. The number of hydrogen-bond donors (Lipinski definition) is 2. The number of primary sulfonamides is 1. The van der Waals surface area contributed by atoms with Crippen molar-refractivity contribution in [1.29, 1.82) is 0 Å². The molecule has 0 atom stereocenters. The molecule has 2 aliphatic rings. The van der Waals surface area contributed by atoms with Crippen LogP contribution in [0.1, 0.15) is 19.3 Å². The van der Waals surface area contributed by atoms with Crippen LogP contribution in [0.5, 0.6) is 0 Å². The summed E-state index contributed by atoms with van der Waals surface area (Å²) in [6, 6.07) is 5.94. The molecule has 144 valence electrons. The van der Waals surface area contributed by atoms with E-state index in [9.17, 15) is 13.2 Å². The number of hydrogen-bond acceptors (Lipinski definition) is 6. The molecule has 1 aromatic rings. The van der Waals surface area contributed by atoms with Crippen molar-refractivity contribution in [3.05, 3.63) is 24.3 Å². The Morgan fingerprint density at radius 3 is 2.58 bits per heavy atom. The Kier molecular flexibility index (Phi) is 6.25. The minimum atomic E-state index is -3.78. The van der Waals surface area contributed by atoms with Crippen LogP contribution in [-0.2, 0) is 24.3 Å². The number of ether oxygens (including phenoxy) is 2. The van der Waals surface area contributed by atoms with Gasteiger partial charge in [0.1, 0.15) is 0 Å². The van der Waals surface area contributed by atoms with E-state index < -0.39 is 10.0 Å². The van der Waals surface area contributed by atoms with E-state index >= 15 is 0 Å². The van der Waals surface area contributed by atoms with Gasteiger partial charge in [-0.1, -0.05) is 6.07 Å². The van der Waals surface area contributed by atoms with Gasteiger partial charge in [0.15, 0.2) is 6.29 Å². The lowest BCUT2D eigenvalue weighted by molar-refractivity contribution is -0.117. The van der Waals surface area contributed by atoms with Crippen molar-refractivity contribution in [3.63, 3.8) is 0 Å². The Balaban J connectivity index is 1.42. The van der Waals surface area contributed by atoms with Gasteiger partial charge < -0.3 is 19.7 Å². The minimum Gasteiger partial charge on any atom is -0.350 e. The molecular weight excluding hydrogens is 358 g/mol. The monoisotopic (exact) mass is 383 g/mol. The molecule has 9 heteroatoms. The van der Waals surface area contributed by atoms with Gasteiger partial charge in [-0.3, -0.25) is 4.79 Å². The lowest BCUT2D eigenvalue weighted by Crippen LogP contribution is -2.39. The van der Waals surface area contributed by atoms with Crippen molar-refractivity contribution >= 4 is 21.6 Å². The van der Waals surface area contributed by atoms with Crippen LogP contribution < -0.4 is 10.5 Å². The summed E-state index contributed by atoms with van der Waals surface area (Å²) in [4.78, 5) is 14.4. The Bertz CT molecular complexity index is 726. The first kappa shape index (κ1) is 19.2. The van der Waals surface area contributed by atoms with Crippen LogP contribution in [0.25, 0.3) is 0 Å². The second-order valence-corrected chi connectivity index (χ2v) is 8.22. The number of likely N-dealkylation sites (tertiary alicyclic amines) is 1. The van der Waals surface area contributed by atoms with Crippen LogP contribution in [0.15, 0.2) is 29.2 Å². The predicted octanol–water partition coefficient (Wildman–Crippen LogP) is 0.748. The largest absolute Gasteiger partial charge is 0.350 e. The first-order valence-electron chi connectivity index (χ1n) is 8.80. The van der Waals surface area contributed by atoms with Crippen LogP contribution in [0.2, 0.25) is 0 Å². The molecule has 0 radical (unpaired) electrons. The topological polar surface area (TPSA) is 111 Å². The average Bonchev–Trinajstić information content (AvgIpc) is 3.14. The molecule has 26 heavy (non-hydrogen) atoms. The van der Waals surface area contributed by atoms with Crippen molar-refractivity contribution in [1.82, 2.24) is 4.90 Å². The molecule has 2 aliphatic heterocycles. The third-order valence-electron chi connectivity index (χ3n) is 4.77. The number of nitrogens with one attached hydrogen (secondary N) is 1. The van der Waals surface area contributed by atoms with E-state index in [2.05, 4.69) is 10.2 Å². The van der Waals surface area contributed by atoms with Gasteiger partial charge in [0.05, 0.1) is 18.1 Å². The molecule has 0 saturated carbocycles. The van der Waals surface area contributed by atoms with Gasteiger partial charge >= 0.3 is 0 Å². The highest BCUT2D eigenvalue weighted by Gasteiger charge is 2.30. The van der Waals surface area contributed by atoms with E-state index in [0.29, 0.717) is 37.8 Å². The molecule has 0 spiro atoms. The number of carbonyl (C=O) groups excluding carboxylic acids is 1. The second-order valence-electron chi connectivity index (χ2n) is 6.66. The lowest BCUT2D eigenvalue weighted by atomic mass is 9.96. The normalized spacial score (nSPS) is 20.3. The Labute approximate surface area is 153 Å². The predicted molar refractivity (Wildman–Crippen MR) is 95.9 cm³/mol. The molecule has 2 saturated heterocycles. The van der Waals surface area contributed by atoms with E-state index in [-0.39, 0.29) is 17.1 Å². The van der Waals surface area contributed by atoms with Crippen molar-refractivity contribution in [2.24, 2.45) is 11.1 Å². The number of amides is 1. The molecule has 2 fully saturated rings. The van der Waals surface area contributed by atoms with Crippen LogP contribution in [0, 0.1) is 5.92 Å². The van der Waals surface area contributed by atoms with Crippen LogP contribution in [-0.4, -0.2) is 58.4 Å². The van der Waals surface area contributed by atoms with Crippen molar-refractivity contribution < 1.29 is 22.7 Å². The molecule has 2 heterocycles. The summed E-state index contributed by atoms with van der Waals surface area (Å²) in [6.07, 6.45) is 2.29. The fourth-order valence-electron chi connectivity index (χ4n) is 3.33. The summed E-state index contributed by atoms with van der Waals surface area (Å²) in [6.45, 7) is 3.86. The smallest absolute Gasteiger partial charge is 0.238 e. The standard InChI is InChI=1S/C17H25N3O5S/c18-26(22,23)15-3-1-2-14(12-15)19-16(21)6-9-20-7-4-13(5-8-20)17-24-10-11-25-17/h1-3,12-13,17H,4-11H2,(H,19,21)(H2,18,22,23). The summed E-state index contributed by atoms with van der Waals surface area (Å²) in [5, 5.41) is 7.83. The maximum Gasteiger partial charge on any atom is 0.238 e. The van der Waals surface area contributed by atoms with E-state index in [1.165, 1.54) is 12.1 Å². The molecule has 0 aromatic heterocycles. The Morgan fingerprint density at radius 2 is 1.92 bits per heavy atom. The molecule has 1 aromatic carbocycles. The SMILES string of the molecule is NS(=O)(=O)c1cccc(NC(=O)CCN2CCC(C3OCCO3)CC2)c1. The molecular formula is C17H25N3O5S. The zero-order valence-electron chi connectivity index (χ0n) is 14.6. The molecule has 8 nitrogen and oxygen atoms in total. The van der Waals surface area contributed by atoms with E-state index in [1.54, 1.807) is 12.1 Å². The van der Waals surface area contributed by atoms with Crippen molar-refractivity contribution in [2.75, 3.05) is 38.2 Å². The maximum absolute atomic E-state index is 12.1. The van der Waals surface area contributed by atoms with Gasteiger partial charge in [-0.2, -0.15) is 0 Å². The molecule has 3 N–H and O–H groups in total. The zero-order chi connectivity index (χ0) is 18.6. The summed E-state index contributed by atoms with van der Waals surface area (Å²) in [7, 11) is -3.78. The highest BCUT2D eigenvalue weighted by molar-refractivity contribution is 7.89. The number of sulfonamides is 1. The van der Waals surface area contributed by atoms with Gasteiger partial charge in [-0.25, -0.2) is 13.6 Å². The molecule has 0 bridgehead atoms. The third-order valence-corrected chi connectivity index (χ3v) is 5.68. The first-order chi connectivity index (χ1) is 12.4. The fourth-order valence-corrected chi connectivity index (χ4v) is 3.89. The van der Waals surface area contributed by atoms with Crippen molar-refractivity contribution in [2.45, 2.75) is 30.4 Å². The van der Waals surface area contributed by atoms with Gasteiger partial charge in [0, 0.05) is 24.6 Å². The van der Waals surface area contributed by atoms with Crippen LogP contribution >= 0.6 is 0 Å². The van der Waals surface area contributed by atoms with Crippen LogP contribution in [0.4, 0.5) is 5.69 Å². The van der Waals surface area contributed by atoms with Gasteiger partial charge in [-0.05, 0) is 44.1 Å². The highest BCUT2D eigenvalue weighted by atomic mass is 32.2. The number of piperidine rings is 1. The minimum absolute atomic E-state index is 0.0197. The van der Waals surface area contributed by atoms with E-state index in [0.717, 1.165) is 25.9 Å². The first-order valence-corrected chi connectivity index (χ1v) is 10.3. The molecule has 3 rings (SSSR count). The Hall–Kier alpha value is -1.52. The molecule has 1 amide bonds. The number of rotatable bonds is 6. The summed E-state index contributed by atoms with van der Waals surface area (Å²) < 4.78 is 33.9. The third kappa shape index (κ3) is 5.24. The van der Waals surface area contributed by atoms with Crippen LogP contribution in [0.3, 0.4) is 0 Å².